The SMILES string of the molecule is Cc1ccc([N+](=O)[O-])cc1C(=O)N1CCCC1c1nccn1C. The lowest BCUT2D eigenvalue weighted by Gasteiger charge is -2.25. The highest BCUT2D eigenvalue weighted by Crippen LogP contribution is 2.33. The number of nitro benzene ring substituents is 1. The van der Waals surface area contributed by atoms with E-state index in [4.69, 9.17) is 0 Å². The van der Waals surface area contributed by atoms with Crippen molar-refractivity contribution in [1.29, 1.82) is 0 Å². The summed E-state index contributed by atoms with van der Waals surface area (Å²) in [5.41, 5.74) is 1.07. The van der Waals surface area contributed by atoms with Crippen LogP contribution in [0.2, 0.25) is 0 Å². The van der Waals surface area contributed by atoms with E-state index < -0.39 is 4.92 Å². The first-order valence-electron chi connectivity index (χ1n) is 7.52. The van der Waals surface area contributed by atoms with Gasteiger partial charge in [0.25, 0.3) is 11.6 Å². The van der Waals surface area contributed by atoms with Gasteiger partial charge in [0.15, 0.2) is 0 Å². The van der Waals surface area contributed by atoms with Gasteiger partial charge in [0, 0.05) is 43.7 Å². The fourth-order valence-electron chi connectivity index (χ4n) is 3.09. The molecule has 1 aliphatic heterocycles. The molecule has 0 aliphatic carbocycles. The lowest BCUT2D eigenvalue weighted by molar-refractivity contribution is -0.384. The van der Waals surface area contributed by atoms with Gasteiger partial charge < -0.3 is 9.47 Å². The van der Waals surface area contributed by atoms with E-state index in [1.54, 1.807) is 24.1 Å². The van der Waals surface area contributed by atoms with Gasteiger partial charge in [0.2, 0.25) is 0 Å². The number of benzene rings is 1. The standard InChI is InChI=1S/C16H18N4O3/c1-11-5-6-12(20(22)23)10-13(11)16(21)19-8-3-4-14(19)15-17-7-9-18(15)2/h5-7,9-10,14H,3-4,8H2,1-2H3. The molecule has 1 aromatic carbocycles. The number of aryl methyl sites for hydroxylation is 2. The molecule has 1 aromatic heterocycles. The number of hydrogen-bond donors (Lipinski definition) is 0. The zero-order valence-electron chi connectivity index (χ0n) is 13.1. The van der Waals surface area contributed by atoms with Crippen molar-refractivity contribution < 1.29 is 9.72 Å². The molecule has 23 heavy (non-hydrogen) atoms. The molecule has 2 heterocycles. The summed E-state index contributed by atoms with van der Waals surface area (Å²) in [5, 5.41) is 11.0. The van der Waals surface area contributed by atoms with E-state index in [1.165, 1.54) is 12.1 Å². The normalized spacial score (nSPS) is 17.5. The summed E-state index contributed by atoms with van der Waals surface area (Å²) in [6, 6.07) is 4.33. The van der Waals surface area contributed by atoms with Gasteiger partial charge in [0.05, 0.1) is 11.0 Å². The molecular formula is C16H18N4O3. The Morgan fingerprint density at radius 3 is 2.87 bits per heavy atom. The van der Waals surface area contributed by atoms with E-state index in [-0.39, 0.29) is 17.6 Å². The van der Waals surface area contributed by atoms with E-state index >= 15 is 0 Å². The molecule has 120 valence electrons. The highest BCUT2D eigenvalue weighted by molar-refractivity contribution is 5.96. The van der Waals surface area contributed by atoms with Crippen molar-refractivity contribution in [1.82, 2.24) is 14.5 Å². The van der Waals surface area contributed by atoms with Crippen LogP contribution in [-0.4, -0.2) is 31.8 Å². The van der Waals surface area contributed by atoms with Gasteiger partial charge in [-0.1, -0.05) is 6.07 Å². The summed E-state index contributed by atoms with van der Waals surface area (Å²) in [7, 11) is 1.90. The molecule has 0 radical (unpaired) electrons. The van der Waals surface area contributed by atoms with Crippen LogP contribution in [0.5, 0.6) is 0 Å². The Labute approximate surface area is 133 Å². The largest absolute Gasteiger partial charge is 0.336 e. The third-order valence-electron chi connectivity index (χ3n) is 4.33. The third-order valence-corrected chi connectivity index (χ3v) is 4.33. The molecule has 1 aliphatic rings. The minimum Gasteiger partial charge on any atom is -0.336 e. The summed E-state index contributed by atoms with van der Waals surface area (Å²) in [4.78, 5) is 29.5. The van der Waals surface area contributed by atoms with Crippen LogP contribution in [0.25, 0.3) is 0 Å². The van der Waals surface area contributed by atoms with Crippen LogP contribution in [0.4, 0.5) is 5.69 Å². The van der Waals surface area contributed by atoms with Gasteiger partial charge >= 0.3 is 0 Å². The molecule has 0 spiro atoms. The number of non-ortho nitro benzene ring substituents is 1. The predicted molar refractivity (Wildman–Crippen MR) is 84.1 cm³/mol. The molecular weight excluding hydrogens is 296 g/mol. The zero-order valence-corrected chi connectivity index (χ0v) is 13.1. The number of imidazole rings is 1. The van der Waals surface area contributed by atoms with Gasteiger partial charge in [-0.05, 0) is 25.3 Å². The number of likely N-dealkylation sites (tertiary alicyclic amines) is 1. The maximum Gasteiger partial charge on any atom is 0.270 e. The number of nitro groups is 1. The van der Waals surface area contributed by atoms with Crippen LogP contribution in [-0.2, 0) is 7.05 Å². The Morgan fingerprint density at radius 2 is 2.22 bits per heavy atom. The maximum atomic E-state index is 12.9. The van der Waals surface area contributed by atoms with Crippen molar-refractivity contribution in [2.75, 3.05) is 6.54 Å². The Hall–Kier alpha value is -2.70. The van der Waals surface area contributed by atoms with Gasteiger partial charge in [-0.2, -0.15) is 0 Å². The number of carbonyl (C=O) groups excluding carboxylic acids is 1. The molecule has 0 bridgehead atoms. The van der Waals surface area contributed by atoms with E-state index in [0.29, 0.717) is 12.1 Å². The second-order valence-electron chi connectivity index (χ2n) is 5.81. The van der Waals surface area contributed by atoms with Gasteiger partial charge in [0.1, 0.15) is 5.82 Å². The Morgan fingerprint density at radius 1 is 1.43 bits per heavy atom. The van der Waals surface area contributed by atoms with Crippen LogP contribution < -0.4 is 0 Å². The van der Waals surface area contributed by atoms with E-state index in [1.807, 2.05) is 17.8 Å². The van der Waals surface area contributed by atoms with Gasteiger partial charge in [-0.15, -0.1) is 0 Å². The molecule has 0 N–H and O–H groups in total. The average molecular weight is 314 g/mol. The molecule has 1 atom stereocenters. The third kappa shape index (κ3) is 2.69. The topological polar surface area (TPSA) is 81.3 Å². The number of amides is 1. The highest BCUT2D eigenvalue weighted by Gasteiger charge is 2.33. The molecule has 7 heteroatoms. The molecule has 3 rings (SSSR count). The fraction of sp³-hybridized carbons (Fsp3) is 0.375. The van der Waals surface area contributed by atoms with E-state index in [9.17, 15) is 14.9 Å². The number of carbonyl (C=O) groups is 1. The molecule has 1 amide bonds. The summed E-state index contributed by atoms with van der Waals surface area (Å²) >= 11 is 0. The second kappa shape index (κ2) is 5.83. The molecule has 2 aromatic rings. The predicted octanol–water partition coefficient (Wildman–Crippen LogP) is 2.61. The molecule has 0 saturated carbocycles. The van der Waals surface area contributed by atoms with Crippen molar-refractivity contribution in [2.45, 2.75) is 25.8 Å². The molecule has 1 saturated heterocycles. The molecule has 7 nitrogen and oxygen atoms in total. The van der Waals surface area contributed by atoms with Crippen LogP contribution >= 0.6 is 0 Å². The molecule has 1 unspecified atom stereocenters. The number of aromatic nitrogens is 2. The Balaban J connectivity index is 1.95. The second-order valence-corrected chi connectivity index (χ2v) is 5.81. The summed E-state index contributed by atoms with van der Waals surface area (Å²) in [6.45, 7) is 2.43. The van der Waals surface area contributed by atoms with Crippen molar-refractivity contribution in [3.8, 4) is 0 Å². The van der Waals surface area contributed by atoms with E-state index in [0.717, 1.165) is 24.2 Å². The van der Waals surface area contributed by atoms with Crippen molar-refractivity contribution in [3.05, 3.63) is 57.7 Å². The summed E-state index contributed by atoms with van der Waals surface area (Å²) < 4.78 is 1.91. The minimum atomic E-state index is -0.476. The smallest absolute Gasteiger partial charge is 0.270 e. The Bertz CT molecular complexity index is 768. The van der Waals surface area contributed by atoms with Crippen molar-refractivity contribution >= 4 is 11.6 Å². The monoisotopic (exact) mass is 314 g/mol. The number of hydrogen-bond acceptors (Lipinski definition) is 4. The highest BCUT2D eigenvalue weighted by atomic mass is 16.6. The Kier molecular flexibility index (Phi) is 3.85. The van der Waals surface area contributed by atoms with Gasteiger partial charge in [-0.25, -0.2) is 4.98 Å². The fourth-order valence-corrected chi connectivity index (χ4v) is 3.09. The first-order valence-corrected chi connectivity index (χ1v) is 7.52. The quantitative estimate of drug-likeness (QED) is 0.644. The molecule has 1 fully saturated rings. The first-order chi connectivity index (χ1) is 11.0. The average Bonchev–Trinajstić information content (AvgIpc) is 3.14. The van der Waals surface area contributed by atoms with Crippen LogP contribution in [0, 0.1) is 17.0 Å². The van der Waals surface area contributed by atoms with Crippen LogP contribution in [0.15, 0.2) is 30.6 Å². The van der Waals surface area contributed by atoms with Crippen molar-refractivity contribution in [2.24, 2.45) is 7.05 Å². The lowest BCUT2D eigenvalue weighted by Crippen LogP contribution is -2.32. The maximum absolute atomic E-state index is 12.9. The summed E-state index contributed by atoms with van der Waals surface area (Å²) in [5.74, 6) is 0.677. The number of nitrogens with zero attached hydrogens (tertiary/aromatic N) is 4. The zero-order chi connectivity index (χ0) is 16.6. The van der Waals surface area contributed by atoms with Crippen LogP contribution in [0.3, 0.4) is 0 Å². The van der Waals surface area contributed by atoms with Gasteiger partial charge in [-0.3, -0.25) is 14.9 Å². The minimum absolute atomic E-state index is 0.0633. The first kappa shape index (κ1) is 15.2. The summed E-state index contributed by atoms with van der Waals surface area (Å²) in [6.07, 6.45) is 5.33. The van der Waals surface area contributed by atoms with Crippen LogP contribution in [0.1, 0.15) is 40.6 Å². The van der Waals surface area contributed by atoms with E-state index in [2.05, 4.69) is 4.98 Å². The van der Waals surface area contributed by atoms with Crippen molar-refractivity contribution in [3.63, 3.8) is 0 Å². The lowest BCUT2D eigenvalue weighted by atomic mass is 10.1. The number of rotatable bonds is 3.